The molecule has 2 N–H and O–H groups in total. The van der Waals surface area contributed by atoms with Gasteiger partial charge in [-0.2, -0.15) is 0 Å². The maximum Gasteiger partial charge on any atom is 0.209 e. The number of methoxy groups -OCH3 is 1. The zero-order valence-corrected chi connectivity index (χ0v) is 11.3. The molecular formula is C12H19NO4S. The molecule has 0 saturated carbocycles. The summed E-state index contributed by atoms with van der Waals surface area (Å²) >= 11 is 0. The van der Waals surface area contributed by atoms with Crippen molar-refractivity contribution in [2.24, 2.45) is 5.14 Å². The molecule has 0 aromatic heterocycles. The van der Waals surface area contributed by atoms with Gasteiger partial charge in [-0.3, -0.25) is 0 Å². The summed E-state index contributed by atoms with van der Waals surface area (Å²) in [5.41, 5.74) is 1.06. The number of primary sulfonamides is 1. The van der Waals surface area contributed by atoms with Gasteiger partial charge in [-0.15, -0.1) is 0 Å². The molecule has 5 nitrogen and oxygen atoms in total. The lowest BCUT2D eigenvalue weighted by Crippen LogP contribution is -2.16. The molecule has 0 aliphatic carbocycles. The number of benzene rings is 1. The van der Waals surface area contributed by atoms with Gasteiger partial charge in [-0.1, -0.05) is 12.1 Å². The van der Waals surface area contributed by atoms with Crippen molar-refractivity contribution in [1.29, 1.82) is 0 Å². The van der Waals surface area contributed by atoms with Gasteiger partial charge in [0.2, 0.25) is 10.0 Å². The predicted molar refractivity (Wildman–Crippen MR) is 69.9 cm³/mol. The third-order valence-electron chi connectivity index (χ3n) is 2.40. The van der Waals surface area contributed by atoms with E-state index in [9.17, 15) is 8.42 Å². The van der Waals surface area contributed by atoms with Crippen LogP contribution in [0.1, 0.15) is 18.4 Å². The number of unbranched alkanes of at least 4 members (excludes halogenated alkanes) is 1. The van der Waals surface area contributed by atoms with Crippen LogP contribution in [0.15, 0.2) is 24.3 Å². The van der Waals surface area contributed by atoms with Crippen molar-refractivity contribution in [2.75, 3.05) is 19.5 Å². The first-order valence-corrected chi connectivity index (χ1v) is 7.44. The molecule has 102 valence electrons. The van der Waals surface area contributed by atoms with Crippen molar-refractivity contribution < 1.29 is 17.9 Å². The number of nitrogens with two attached hydrogens (primary N) is 1. The number of hydrogen-bond donors (Lipinski definition) is 1. The highest BCUT2D eigenvalue weighted by molar-refractivity contribution is 7.89. The van der Waals surface area contributed by atoms with E-state index < -0.39 is 10.0 Å². The second kappa shape index (κ2) is 7.35. The Morgan fingerprint density at radius 1 is 1.17 bits per heavy atom. The Kier molecular flexibility index (Phi) is 6.11. The Balaban J connectivity index is 2.14. The first-order chi connectivity index (χ1) is 8.51. The Bertz CT molecular complexity index is 442. The summed E-state index contributed by atoms with van der Waals surface area (Å²) in [6, 6.07) is 7.62. The second-order valence-corrected chi connectivity index (χ2v) is 5.71. The quantitative estimate of drug-likeness (QED) is 0.724. The van der Waals surface area contributed by atoms with E-state index in [0.717, 1.165) is 11.3 Å². The van der Waals surface area contributed by atoms with E-state index in [1.165, 1.54) is 0 Å². The minimum atomic E-state index is -3.34. The van der Waals surface area contributed by atoms with Crippen LogP contribution in [-0.2, 0) is 21.4 Å². The minimum Gasteiger partial charge on any atom is -0.497 e. The van der Waals surface area contributed by atoms with Gasteiger partial charge >= 0.3 is 0 Å². The van der Waals surface area contributed by atoms with Crippen molar-refractivity contribution in [1.82, 2.24) is 0 Å². The fraction of sp³-hybridized carbons (Fsp3) is 0.500. The molecule has 0 amide bonds. The summed E-state index contributed by atoms with van der Waals surface area (Å²) in [7, 11) is -1.72. The first kappa shape index (κ1) is 14.9. The normalized spacial score (nSPS) is 11.4. The van der Waals surface area contributed by atoms with Gasteiger partial charge < -0.3 is 9.47 Å². The standard InChI is InChI=1S/C12H19NO4S/c1-16-12-6-4-11(5-7-12)10-17-8-2-3-9-18(13,14)15/h4-7H,2-3,8-10H2,1H3,(H2,13,14,15). The Morgan fingerprint density at radius 2 is 1.83 bits per heavy atom. The smallest absolute Gasteiger partial charge is 0.209 e. The Hall–Kier alpha value is -1.11. The average Bonchev–Trinajstić information content (AvgIpc) is 2.33. The lowest BCUT2D eigenvalue weighted by Gasteiger charge is -2.05. The number of rotatable bonds is 8. The predicted octanol–water partition coefficient (Wildman–Crippen LogP) is 1.28. The molecule has 0 radical (unpaired) electrons. The van der Waals surface area contributed by atoms with Gasteiger partial charge in [0.05, 0.1) is 19.5 Å². The lowest BCUT2D eigenvalue weighted by atomic mass is 10.2. The van der Waals surface area contributed by atoms with Crippen LogP contribution in [0.25, 0.3) is 0 Å². The van der Waals surface area contributed by atoms with Crippen molar-refractivity contribution in [3.63, 3.8) is 0 Å². The number of ether oxygens (including phenoxy) is 2. The third kappa shape index (κ3) is 6.58. The van der Waals surface area contributed by atoms with Crippen LogP contribution in [0.5, 0.6) is 5.75 Å². The molecule has 0 aliphatic rings. The summed E-state index contributed by atoms with van der Waals surface area (Å²) in [5, 5.41) is 4.89. The Labute approximate surface area is 108 Å². The number of sulfonamides is 1. The molecule has 18 heavy (non-hydrogen) atoms. The molecule has 0 fully saturated rings. The summed E-state index contributed by atoms with van der Waals surface area (Å²) < 4.78 is 31.8. The third-order valence-corrected chi connectivity index (χ3v) is 3.25. The van der Waals surface area contributed by atoms with Crippen LogP contribution < -0.4 is 9.88 Å². The highest BCUT2D eigenvalue weighted by Gasteiger charge is 2.01. The maximum absolute atomic E-state index is 10.7. The molecular weight excluding hydrogens is 254 g/mol. The maximum atomic E-state index is 10.7. The molecule has 0 aliphatic heterocycles. The fourth-order valence-electron chi connectivity index (χ4n) is 1.42. The Morgan fingerprint density at radius 3 is 2.39 bits per heavy atom. The van der Waals surface area contributed by atoms with E-state index >= 15 is 0 Å². The van der Waals surface area contributed by atoms with Gasteiger partial charge in [0.25, 0.3) is 0 Å². The molecule has 6 heteroatoms. The largest absolute Gasteiger partial charge is 0.497 e. The first-order valence-electron chi connectivity index (χ1n) is 5.72. The van der Waals surface area contributed by atoms with Crippen LogP contribution in [0.4, 0.5) is 0 Å². The monoisotopic (exact) mass is 273 g/mol. The zero-order chi connectivity index (χ0) is 13.4. The fourth-order valence-corrected chi connectivity index (χ4v) is 2.03. The van der Waals surface area contributed by atoms with Crippen molar-refractivity contribution in [3.8, 4) is 5.75 Å². The molecule has 0 bridgehead atoms. The van der Waals surface area contributed by atoms with E-state index in [2.05, 4.69) is 0 Å². The van der Waals surface area contributed by atoms with E-state index in [1.807, 2.05) is 24.3 Å². The summed E-state index contributed by atoms with van der Waals surface area (Å²) in [4.78, 5) is 0. The molecule has 1 aromatic rings. The van der Waals surface area contributed by atoms with Crippen LogP contribution in [-0.4, -0.2) is 27.9 Å². The zero-order valence-electron chi connectivity index (χ0n) is 10.5. The lowest BCUT2D eigenvalue weighted by molar-refractivity contribution is 0.118. The molecule has 0 atom stereocenters. The van der Waals surface area contributed by atoms with E-state index in [1.54, 1.807) is 7.11 Å². The topological polar surface area (TPSA) is 78.6 Å². The molecule has 1 aromatic carbocycles. The summed E-state index contributed by atoms with van der Waals surface area (Å²) in [6.07, 6.45) is 1.22. The van der Waals surface area contributed by atoms with Gasteiger partial charge in [-0.05, 0) is 30.5 Å². The van der Waals surface area contributed by atoms with Crippen molar-refractivity contribution >= 4 is 10.0 Å². The molecule has 0 saturated heterocycles. The van der Waals surface area contributed by atoms with Gasteiger partial charge in [0.15, 0.2) is 0 Å². The molecule has 0 spiro atoms. The van der Waals surface area contributed by atoms with Crippen LogP contribution >= 0.6 is 0 Å². The van der Waals surface area contributed by atoms with Crippen molar-refractivity contribution in [3.05, 3.63) is 29.8 Å². The van der Waals surface area contributed by atoms with Gasteiger partial charge in [0, 0.05) is 6.61 Å². The minimum absolute atomic E-state index is 0.0128. The molecule has 0 unspecified atom stereocenters. The highest BCUT2D eigenvalue weighted by atomic mass is 32.2. The summed E-state index contributed by atoms with van der Waals surface area (Å²) in [6.45, 7) is 1.04. The van der Waals surface area contributed by atoms with E-state index in [0.29, 0.717) is 26.1 Å². The van der Waals surface area contributed by atoms with Crippen LogP contribution in [0, 0.1) is 0 Å². The summed E-state index contributed by atoms with van der Waals surface area (Å²) in [5.74, 6) is 0.825. The molecule has 1 rings (SSSR count). The van der Waals surface area contributed by atoms with Gasteiger partial charge in [-0.25, -0.2) is 13.6 Å². The highest BCUT2D eigenvalue weighted by Crippen LogP contribution is 2.12. The average molecular weight is 273 g/mol. The van der Waals surface area contributed by atoms with E-state index in [4.69, 9.17) is 14.6 Å². The van der Waals surface area contributed by atoms with Crippen LogP contribution in [0.3, 0.4) is 0 Å². The van der Waals surface area contributed by atoms with Gasteiger partial charge in [0.1, 0.15) is 5.75 Å². The molecule has 0 heterocycles. The van der Waals surface area contributed by atoms with Crippen molar-refractivity contribution in [2.45, 2.75) is 19.4 Å². The second-order valence-electron chi connectivity index (χ2n) is 3.97. The van der Waals surface area contributed by atoms with E-state index in [-0.39, 0.29) is 5.75 Å². The van der Waals surface area contributed by atoms with Crippen LogP contribution in [0.2, 0.25) is 0 Å². The SMILES string of the molecule is COc1ccc(COCCCCS(N)(=O)=O)cc1. The number of hydrogen-bond acceptors (Lipinski definition) is 4.